The highest BCUT2D eigenvalue weighted by Crippen LogP contribution is 2.03. The van der Waals surface area contributed by atoms with E-state index in [1.807, 2.05) is 0 Å². The first-order valence-electron chi connectivity index (χ1n) is 4.22. The largest absolute Gasteiger partial charge is 0.478 e. The molecule has 0 aliphatic heterocycles. The number of aliphatic hydroxyl groups is 1. The van der Waals surface area contributed by atoms with Gasteiger partial charge in [-0.2, -0.15) is 0 Å². The van der Waals surface area contributed by atoms with E-state index in [-0.39, 0.29) is 23.8 Å². The molecular formula is C9H15NO4. The van der Waals surface area contributed by atoms with E-state index in [1.54, 1.807) is 6.92 Å². The van der Waals surface area contributed by atoms with E-state index >= 15 is 0 Å². The number of carbonyl (C=O) groups excluding carboxylic acids is 1. The van der Waals surface area contributed by atoms with Crippen molar-refractivity contribution in [3.05, 3.63) is 11.1 Å². The molecule has 0 aromatic rings. The molecule has 0 rings (SSSR count). The topological polar surface area (TPSA) is 86.6 Å². The minimum absolute atomic E-state index is 0.00707. The molecule has 1 amide bonds. The maximum absolute atomic E-state index is 11.3. The zero-order valence-corrected chi connectivity index (χ0v) is 8.50. The van der Waals surface area contributed by atoms with E-state index in [1.165, 1.54) is 13.8 Å². The smallest absolute Gasteiger partial charge is 0.331 e. The van der Waals surface area contributed by atoms with Gasteiger partial charge in [-0.25, -0.2) is 4.79 Å². The number of aliphatic hydroxyl groups excluding tert-OH is 1. The van der Waals surface area contributed by atoms with Crippen LogP contribution in [-0.4, -0.2) is 34.7 Å². The number of rotatable bonds is 4. The molecule has 0 heterocycles. The van der Waals surface area contributed by atoms with Gasteiger partial charge in [-0.3, -0.25) is 4.79 Å². The van der Waals surface area contributed by atoms with Crippen molar-refractivity contribution in [2.45, 2.75) is 26.8 Å². The van der Waals surface area contributed by atoms with Gasteiger partial charge in [0.15, 0.2) is 0 Å². The highest BCUT2D eigenvalue weighted by atomic mass is 16.4. The highest BCUT2D eigenvalue weighted by Gasteiger charge is 2.13. The Morgan fingerprint density at radius 2 is 1.79 bits per heavy atom. The third-order valence-electron chi connectivity index (χ3n) is 1.88. The molecule has 0 aromatic carbocycles. The van der Waals surface area contributed by atoms with E-state index < -0.39 is 11.9 Å². The van der Waals surface area contributed by atoms with Crippen molar-refractivity contribution in [1.29, 1.82) is 0 Å². The minimum Gasteiger partial charge on any atom is -0.478 e. The Kier molecular flexibility index (Phi) is 4.86. The summed E-state index contributed by atoms with van der Waals surface area (Å²) in [6, 6.07) is -0.376. The molecule has 0 unspecified atom stereocenters. The molecular weight excluding hydrogens is 186 g/mol. The Morgan fingerprint density at radius 3 is 2.14 bits per heavy atom. The average Bonchev–Trinajstić information content (AvgIpc) is 2.14. The summed E-state index contributed by atoms with van der Waals surface area (Å²) in [5, 5.41) is 19.7. The standard InChI is InChI=1S/C9H15NO4/c1-5(4-11)10-8(12)6(2)7(3)9(13)14/h5,11H,4H2,1-3H3,(H,10,12)(H,13,14)/t5-/m0/s1. The summed E-state index contributed by atoms with van der Waals surface area (Å²) >= 11 is 0. The molecule has 5 heteroatoms. The highest BCUT2D eigenvalue weighted by molar-refractivity contribution is 6.01. The lowest BCUT2D eigenvalue weighted by molar-refractivity contribution is -0.133. The van der Waals surface area contributed by atoms with Gasteiger partial charge in [0.25, 0.3) is 0 Å². The molecule has 80 valence electrons. The summed E-state index contributed by atoms with van der Waals surface area (Å²) in [6.07, 6.45) is 0. The van der Waals surface area contributed by atoms with Crippen LogP contribution in [0.1, 0.15) is 20.8 Å². The number of carbonyl (C=O) groups is 2. The lowest BCUT2D eigenvalue weighted by Gasteiger charge is -2.11. The van der Waals surface area contributed by atoms with Gasteiger partial charge in [0.05, 0.1) is 6.61 Å². The first-order valence-corrected chi connectivity index (χ1v) is 4.22. The maximum atomic E-state index is 11.3. The Bertz CT molecular complexity index is 270. The lowest BCUT2D eigenvalue weighted by atomic mass is 10.1. The average molecular weight is 201 g/mol. The van der Waals surface area contributed by atoms with Crippen molar-refractivity contribution in [2.75, 3.05) is 6.61 Å². The fourth-order valence-electron chi connectivity index (χ4n) is 0.708. The van der Waals surface area contributed by atoms with E-state index in [9.17, 15) is 9.59 Å². The molecule has 0 saturated carbocycles. The van der Waals surface area contributed by atoms with Crippen molar-refractivity contribution in [3.63, 3.8) is 0 Å². The van der Waals surface area contributed by atoms with Crippen LogP contribution < -0.4 is 5.32 Å². The summed E-state index contributed by atoms with van der Waals surface area (Å²) < 4.78 is 0. The SMILES string of the molecule is CC(C(=O)O)=C(C)C(=O)N[C@@H](C)CO. The fraction of sp³-hybridized carbons (Fsp3) is 0.556. The normalized spacial score (nSPS) is 14.3. The van der Waals surface area contributed by atoms with Crippen LogP contribution in [0.15, 0.2) is 11.1 Å². The summed E-state index contributed by atoms with van der Waals surface area (Å²) in [5.74, 6) is -1.58. The van der Waals surface area contributed by atoms with Gasteiger partial charge in [0.2, 0.25) is 5.91 Å². The molecule has 3 N–H and O–H groups in total. The molecule has 0 aliphatic carbocycles. The van der Waals surface area contributed by atoms with Crippen molar-refractivity contribution < 1.29 is 19.8 Å². The molecule has 0 bridgehead atoms. The van der Waals surface area contributed by atoms with Crippen LogP contribution in [0.4, 0.5) is 0 Å². The zero-order chi connectivity index (χ0) is 11.3. The van der Waals surface area contributed by atoms with E-state index in [2.05, 4.69) is 5.32 Å². The van der Waals surface area contributed by atoms with Gasteiger partial charge >= 0.3 is 5.97 Å². The number of hydrogen-bond acceptors (Lipinski definition) is 3. The molecule has 14 heavy (non-hydrogen) atoms. The van der Waals surface area contributed by atoms with Gasteiger partial charge in [0, 0.05) is 17.2 Å². The molecule has 0 radical (unpaired) electrons. The summed E-state index contributed by atoms with van der Waals surface area (Å²) in [4.78, 5) is 21.8. The second kappa shape index (κ2) is 5.39. The molecule has 0 saturated heterocycles. The van der Waals surface area contributed by atoms with Crippen LogP contribution in [0.3, 0.4) is 0 Å². The molecule has 0 spiro atoms. The van der Waals surface area contributed by atoms with Gasteiger partial charge in [0.1, 0.15) is 0 Å². The Balaban J connectivity index is 4.54. The van der Waals surface area contributed by atoms with Gasteiger partial charge in [-0.05, 0) is 20.8 Å². The number of hydrogen-bond donors (Lipinski definition) is 3. The van der Waals surface area contributed by atoms with E-state index in [0.29, 0.717) is 0 Å². The maximum Gasteiger partial charge on any atom is 0.331 e. The number of amides is 1. The van der Waals surface area contributed by atoms with E-state index in [0.717, 1.165) is 0 Å². The van der Waals surface area contributed by atoms with Crippen molar-refractivity contribution in [2.24, 2.45) is 0 Å². The number of nitrogens with one attached hydrogen (secondary N) is 1. The zero-order valence-electron chi connectivity index (χ0n) is 8.50. The number of carboxylic acids is 1. The Hall–Kier alpha value is -1.36. The molecule has 0 aliphatic rings. The van der Waals surface area contributed by atoms with Crippen LogP contribution >= 0.6 is 0 Å². The molecule has 1 atom stereocenters. The van der Waals surface area contributed by atoms with Crippen molar-refractivity contribution in [1.82, 2.24) is 5.32 Å². The van der Waals surface area contributed by atoms with Crippen LogP contribution in [0.25, 0.3) is 0 Å². The van der Waals surface area contributed by atoms with E-state index in [4.69, 9.17) is 10.2 Å². The second-order valence-electron chi connectivity index (χ2n) is 3.11. The second-order valence-corrected chi connectivity index (χ2v) is 3.11. The van der Waals surface area contributed by atoms with Gasteiger partial charge in [-0.15, -0.1) is 0 Å². The van der Waals surface area contributed by atoms with Crippen LogP contribution in [0.5, 0.6) is 0 Å². The van der Waals surface area contributed by atoms with Crippen molar-refractivity contribution in [3.8, 4) is 0 Å². The van der Waals surface area contributed by atoms with Crippen LogP contribution in [-0.2, 0) is 9.59 Å². The fourth-order valence-corrected chi connectivity index (χ4v) is 0.708. The first-order chi connectivity index (χ1) is 6.40. The van der Waals surface area contributed by atoms with Crippen LogP contribution in [0.2, 0.25) is 0 Å². The van der Waals surface area contributed by atoms with Gasteiger partial charge in [-0.1, -0.05) is 0 Å². The third-order valence-corrected chi connectivity index (χ3v) is 1.88. The third kappa shape index (κ3) is 3.57. The molecule has 0 fully saturated rings. The first kappa shape index (κ1) is 12.6. The summed E-state index contributed by atoms with van der Waals surface area (Å²) in [7, 11) is 0. The Labute approximate surface area is 82.4 Å². The quantitative estimate of drug-likeness (QED) is 0.554. The minimum atomic E-state index is -1.12. The number of carboxylic acid groups (broad SMARTS) is 1. The molecule has 5 nitrogen and oxygen atoms in total. The lowest BCUT2D eigenvalue weighted by Crippen LogP contribution is -2.36. The summed E-state index contributed by atoms with van der Waals surface area (Å²) in [6.45, 7) is 4.25. The Morgan fingerprint density at radius 1 is 1.29 bits per heavy atom. The number of aliphatic carboxylic acids is 1. The summed E-state index contributed by atoms with van der Waals surface area (Å²) in [5.41, 5.74) is 0.158. The monoisotopic (exact) mass is 201 g/mol. The predicted octanol–water partition coefficient (Wildman–Crippen LogP) is -0.0956. The molecule has 0 aromatic heterocycles. The van der Waals surface area contributed by atoms with Crippen LogP contribution in [0, 0.1) is 0 Å². The van der Waals surface area contributed by atoms with Gasteiger partial charge < -0.3 is 15.5 Å². The van der Waals surface area contributed by atoms with Crippen molar-refractivity contribution >= 4 is 11.9 Å². The predicted molar refractivity (Wildman–Crippen MR) is 50.7 cm³/mol.